The minimum atomic E-state index is 0.264. The van der Waals surface area contributed by atoms with Gasteiger partial charge in [-0.3, -0.25) is 4.79 Å². The van der Waals surface area contributed by atoms with E-state index in [9.17, 15) is 4.79 Å². The zero-order chi connectivity index (χ0) is 10.1. The van der Waals surface area contributed by atoms with Crippen LogP contribution in [0.4, 0.5) is 0 Å². The fourth-order valence-corrected chi connectivity index (χ4v) is 4.92. The molecule has 0 heterocycles. The third-order valence-electron chi connectivity index (χ3n) is 5.84. The predicted molar refractivity (Wildman–Crippen MR) is 55.8 cm³/mol. The van der Waals surface area contributed by atoms with E-state index in [0.29, 0.717) is 17.1 Å². The van der Waals surface area contributed by atoms with Gasteiger partial charge in [0.05, 0.1) is 0 Å². The third-order valence-corrected chi connectivity index (χ3v) is 5.84. The van der Waals surface area contributed by atoms with E-state index in [1.807, 2.05) is 0 Å². The van der Waals surface area contributed by atoms with Crippen LogP contribution >= 0.6 is 0 Å². The van der Waals surface area contributed by atoms with Crippen LogP contribution in [0, 0.1) is 28.6 Å². The van der Waals surface area contributed by atoms with Crippen molar-refractivity contribution in [2.75, 3.05) is 0 Å². The summed E-state index contributed by atoms with van der Waals surface area (Å²) in [7, 11) is 0. The summed E-state index contributed by atoms with van der Waals surface area (Å²) in [6.07, 6.45) is 4.91. The van der Waals surface area contributed by atoms with E-state index in [0.717, 1.165) is 18.3 Å². The lowest BCUT2D eigenvalue weighted by Gasteiger charge is -2.59. The van der Waals surface area contributed by atoms with Crippen molar-refractivity contribution in [3.8, 4) is 0 Å². The molecule has 78 valence electrons. The molecule has 14 heavy (non-hydrogen) atoms. The molecule has 0 aliphatic heterocycles. The Bertz CT molecular complexity index is 304. The van der Waals surface area contributed by atoms with Crippen LogP contribution in [0.5, 0.6) is 0 Å². The molecule has 0 aromatic heterocycles. The summed E-state index contributed by atoms with van der Waals surface area (Å²) in [5.41, 5.74) is 0.617. The van der Waals surface area contributed by atoms with Crippen LogP contribution in [-0.2, 0) is 4.79 Å². The second-order valence-corrected chi connectivity index (χ2v) is 6.49. The molecule has 3 saturated carbocycles. The van der Waals surface area contributed by atoms with Gasteiger partial charge >= 0.3 is 0 Å². The third kappa shape index (κ3) is 0.697. The van der Waals surface area contributed by atoms with E-state index in [1.165, 1.54) is 19.3 Å². The minimum absolute atomic E-state index is 0.264. The van der Waals surface area contributed by atoms with Crippen LogP contribution in [0.3, 0.4) is 0 Å². The van der Waals surface area contributed by atoms with E-state index < -0.39 is 0 Å². The number of ketones is 1. The number of carbonyl (C=O) groups excluding carboxylic acids is 1. The van der Waals surface area contributed by atoms with Crippen LogP contribution in [0.2, 0.25) is 0 Å². The summed E-state index contributed by atoms with van der Waals surface area (Å²) < 4.78 is 0. The number of fused-ring (bicyclic) bond motifs is 4. The lowest BCUT2D eigenvalue weighted by Crippen LogP contribution is -2.56. The van der Waals surface area contributed by atoms with Crippen molar-refractivity contribution in [1.82, 2.24) is 0 Å². The van der Waals surface area contributed by atoms with Crippen molar-refractivity contribution in [3.63, 3.8) is 0 Å². The predicted octanol–water partition coefficient (Wildman–Crippen LogP) is 3.04. The Hall–Kier alpha value is -0.330. The fraction of sp³-hybridized carbons (Fsp3) is 0.923. The smallest absolute Gasteiger partial charge is 0.137 e. The number of carbonyl (C=O) groups is 1. The highest BCUT2D eigenvalue weighted by atomic mass is 16.1. The maximum atomic E-state index is 12.0. The summed E-state index contributed by atoms with van der Waals surface area (Å²) in [5.74, 6) is 2.65. The fourth-order valence-electron chi connectivity index (χ4n) is 4.92. The summed E-state index contributed by atoms with van der Waals surface area (Å²) >= 11 is 0. The maximum absolute atomic E-state index is 12.0. The standard InChI is InChI=1S/C13H20O/c1-12(2)7-10(14)11-8-5-4-6-9(8)13(11,12)3/h8-9,11H,4-7H2,1-3H3. The van der Waals surface area contributed by atoms with E-state index in [2.05, 4.69) is 20.8 Å². The molecule has 0 saturated heterocycles. The molecule has 0 aromatic carbocycles. The Morgan fingerprint density at radius 3 is 2.64 bits per heavy atom. The first-order valence-electron chi connectivity index (χ1n) is 6.01. The number of Topliss-reactive ketones (excluding diaryl/α,β-unsaturated/α-hetero) is 1. The molecule has 0 N–H and O–H groups in total. The zero-order valence-electron chi connectivity index (χ0n) is 9.47. The SMILES string of the molecule is CC1(C)CC(=O)C2C3CCCC3C21C. The van der Waals surface area contributed by atoms with Crippen molar-refractivity contribution >= 4 is 5.78 Å². The van der Waals surface area contributed by atoms with Gasteiger partial charge in [0.1, 0.15) is 5.78 Å². The summed E-state index contributed by atoms with van der Waals surface area (Å²) in [5, 5.41) is 0. The highest BCUT2D eigenvalue weighted by molar-refractivity contribution is 5.87. The molecule has 0 spiro atoms. The van der Waals surface area contributed by atoms with E-state index >= 15 is 0 Å². The first-order valence-corrected chi connectivity index (χ1v) is 6.01. The first kappa shape index (κ1) is 8.94. The summed E-state index contributed by atoms with van der Waals surface area (Å²) in [6, 6.07) is 0. The lowest BCUT2D eigenvalue weighted by molar-refractivity contribution is -0.149. The van der Waals surface area contributed by atoms with Crippen LogP contribution in [0.25, 0.3) is 0 Å². The van der Waals surface area contributed by atoms with Crippen LogP contribution in [-0.4, -0.2) is 5.78 Å². The Balaban J connectivity index is 2.05. The van der Waals surface area contributed by atoms with Gasteiger partial charge in [0, 0.05) is 12.3 Å². The van der Waals surface area contributed by atoms with Gasteiger partial charge in [-0.2, -0.15) is 0 Å². The number of rotatable bonds is 0. The molecule has 3 aliphatic rings. The lowest BCUT2D eigenvalue weighted by atomic mass is 9.44. The van der Waals surface area contributed by atoms with Gasteiger partial charge in [0.2, 0.25) is 0 Å². The average molecular weight is 192 g/mol. The highest BCUT2D eigenvalue weighted by Crippen LogP contribution is 2.74. The molecule has 0 amide bonds. The van der Waals surface area contributed by atoms with E-state index in [1.54, 1.807) is 0 Å². The molecule has 0 aromatic rings. The van der Waals surface area contributed by atoms with Crippen molar-refractivity contribution in [2.45, 2.75) is 46.5 Å². The Morgan fingerprint density at radius 1 is 1.21 bits per heavy atom. The zero-order valence-corrected chi connectivity index (χ0v) is 9.47. The Labute approximate surface area is 86.3 Å². The van der Waals surface area contributed by atoms with Gasteiger partial charge in [-0.1, -0.05) is 27.2 Å². The Kier molecular flexibility index (Phi) is 1.44. The van der Waals surface area contributed by atoms with Gasteiger partial charge in [0.15, 0.2) is 0 Å². The molecule has 1 heteroatoms. The van der Waals surface area contributed by atoms with E-state index in [4.69, 9.17) is 0 Å². The molecule has 1 nitrogen and oxygen atoms in total. The highest BCUT2D eigenvalue weighted by Gasteiger charge is 2.71. The van der Waals surface area contributed by atoms with Crippen molar-refractivity contribution in [3.05, 3.63) is 0 Å². The van der Waals surface area contributed by atoms with Gasteiger partial charge < -0.3 is 0 Å². The summed E-state index contributed by atoms with van der Waals surface area (Å²) in [6.45, 7) is 6.99. The molecule has 4 unspecified atom stereocenters. The van der Waals surface area contributed by atoms with Gasteiger partial charge in [-0.25, -0.2) is 0 Å². The second-order valence-electron chi connectivity index (χ2n) is 6.49. The second kappa shape index (κ2) is 2.25. The molecular formula is C13H20O. The van der Waals surface area contributed by atoms with Crippen LogP contribution < -0.4 is 0 Å². The number of hydrogen-bond acceptors (Lipinski definition) is 1. The van der Waals surface area contributed by atoms with Crippen molar-refractivity contribution in [2.24, 2.45) is 28.6 Å². The largest absolute Gasteiger partial charge is 0.299 e. The molecule has 0 bridgehead atoms. The maximum Gasteiger partial charge on any atom is 0.137 e. The molecular weight excluding hydrogens is 172 g/mol. The van der Waals surface area contributed by atoms with Gasteiger partial charge in [-0.05, 0) is 35.5 Å². The molecule has 3 rings (SSSR count). The minimum Gasteiger partial charge on any atom is -0.299 e. The van der Waals surface area contributed by atoms with Gasteiger partial charge in [0.25, 0.3) is 0 Å². The average Bonchev–Trinajstić information content (AvgIpc) is 2.51. The quantitative estimate of drug-likeness (QED) is 0.576. The Morgan fingerprint density at radius 2 is 1.93 bits per heavy atom. The van der Waals surface area contributed by atoms with Crippen molar-refractivity contribution < 1.29 is 4.79 Å². The topological polar surface area (TPSA) is 17.1 Å². The van der Waals surface area contributed by atoms with Gasteiger partial charge in [-0.15, -0.1) is 0 Å². The van der Waals surface area contributed by atoms with E-state index in [-0.39, 0.29) is 5.41 Å². The number of hydrogen-bond donors (Lipinski definition) is 0. The van der Waals surface area contributed by atoms with Crippen LogP contribution in [0.1, 0.15) is 46.5 Å². The first-order chi connectivity index (χ1) is 6.48. The molecule has 3 fully saturated rings. The molecule has 4 atom stereocenters. The summed E-state index contributed by atoms with van der Waals surface area (Å²) in [4.78, 5) is 12.0. The normalized spacial score (nSPS) is 53.9. The van der Waals surface area contributed by atoms with Crippen molar-refractivity contribution in [1.29, 1.82) is 0 Å². The molecule has 3 aliphatic carbocycles. The van der Waals surface area contributed by atoms with Crippen LogP contribution in [0.15, 0.2) is 0 Å². The molecule has 0 radical (unpaired) electrons. The monoisotopic (exact) mass is 192 g/mol.